The zero-order valence-corrected chi connectivity index (χ0v) is 20.0. The first-order valence-corrected chi connectivity index (χ1v) is 12.0. The Labute approximate surface area is 206 Å². The van der Waals surface area contributed by atoms with Gasteiger partial charge < -0.3 is 15.6 Å². The maximum Gasteiger partial charge on any atom is 0.263 e. The van der Waals surface area contributed by atoms with E-state index in [1.165, 1.54) is 6.33 Å². The molecule has 1 fully saturated rings. The molecule has 0 aliphatic heterocycles. The van der Waals surface area contributed by atoms with Gasteiger partial charge in [-0.1, -0.05) is 24.3 Å². The van der Waals surface area contributed by atoms with Crippen LogP contribution in [-0.2, 0) is 0 Å². The van der Waals surface area contributed by atoms with Crippen LogP contribution in [-0.4, -0.2) is 41.6 Å². The van der Waals surface area contributed by atoms with E-state index in [2.05, 4.69) is 9.97 Å². The van der Waals surface area contributed by atoms with E-state index < -0.39 is 5.60 Å². The summed E-state index contributed by atoms with van der Waals surface area (Å²) in [6, 6.07) is 15.1. The topological polar surface area (TPSA) is 121 Å². The van der Waals surface area contributed by atoms with Crippen LogP contribution in [0.1, 0.15) is 32.7 Å². The molecule has 5 aromatic rings. The maximum absolute atomic E-state index is 13.6. The third-order valence-electron chi connectivity index (χ3n) is 6.80. The van der Waals surface area contributed by atoms with Crippen LogP contribution >= 0.6 is 0 Å². The van der Waals surface area contributed by atoms with Crippen LogP contribution in [0.5, 0.6) is 5.75 Å². The number of nitrogens with zero attached hydrogens (tertiary/aromatic N) is 5. The lowest BCUT2D eigenvalue weighted by Crippen LogP contribution is -2.42. The van der Waals surface area contributed by atoms with Crippen molar-refractivity contribution in [2.45, 2.75) is 38.3 Å². The van der Waals surface area contributed by atoms with E-state index in [1.54, 1.807) is 10.8 Å². The molecule has 1 aliphatic rings. The number of aliphatic hydroxyl groups is 1. The van der Waals surface area contributed by atoms with Gasteiger partial charge in [0, 0.05) is 16.6 Å². The van der Waals surface area contributed by atoms with Crippen molar-refractivity contribution < 1.29 is 9.84 Å². The van der Waals surface area contributed by atoms with E-state index in [-0.39, 0.29) is 11.6 Å². The molecule has 182 valence electrons. The number of benzene rings is 2. The van der Waals surface area contributed by atoms with Gasteiger partial charge in [-0.15, -0.1) is 0 Å². The van der Waals surface area contributed by atoms with Crippen LogP contribution in [0.2, 0.25) is 0 Å². The molecule has 0 unspecified atom stereocenters. The Hall–Kier alpha value is -4.24. The van der Waals surface area contributed by atoms with Crippen LogP contribution in [0.15, 0.2) is 65.8 Å². The van der Waals surface area contributed by atoms with Crippen molar-refractivity contribution in [1.29, 1.82) is 0 Å². The van der Waals surface area contributed by atoms with Crippen molar-refractivity contribution in [3.63, 3.8) is 0 Å². The highest BCUT2D eigenvalue weighted by molar-refractivity contribution is 6.00. The lowest BCUT2D eigenvalue weighted by atomic mass is 9.77. The van der Waals surface area contributed by atoms with E-state index in [0.717, 1.165) is 16.6 Å². The van der Waals surface area contributed by atoms with Crippen molar-refractivity contribution in [3.05, 3.63) is 71.4 Å². The monoisotopic (exact) mass is 482 g/mol. The summed E-state index contributed by atoms with van der Waals surface area (Å²) in [5.74, 6) is 0.939. The molecule has 3 aromatic heterocycles. The molecule has 6 rings (SSSR count). The van der Waals surface area contributed by atoms with E-state index >= 15 is 0 Å². The van der Waals surface area contributed by atoms with E-state index in [9.17, 15) is 9.90 Å². The van der Waals surface area contributed by atoms with Crippen molar-refractivity contribution in [2.24, 2.45) is 0 Å². The first-order valence-electron chi connectivity index (χ1n) is 12.0. The molecular weight excluding hydrogens is 456 g/mol. The van der Waals surface area contributed by atoms with Crippen molar-refractivity contribution in [3.8, 4) is 22.7 Å². The highest BCUT2D eigenvalue weighted by Crippen LogP contribution is 2.43. The number of anilines is 1. The van der Waals surface area contributed by atoms with Gasteiger partial charge in [0.1, 0.15) is 23.6 Å². The fourth-order valence-electron chi connectivity index (χ4n) is 5.09. The molecule has 36 heavy (non-hydrogen) atoms. The lowest BCUT2D eigenvalue weighted by molar-refractivity contribution is -0.0531. The molecule has 1 aliphatic carbocycles. The quantitative estimate of drug-likeness (QED) is 0.390. The second-order valence-corrected chi connectivity index (χ2v) is 9.51. The lowest BCUT2D eigenvalue weighted by Gasteiger charge is -2.40. The number of hydrogen-bond acceptors (Lipinski definition) is 7. The molecule has 1 saturated carbocycles. The number of pyridine rings is 1. The summed E-state index contributed by atoms with van der Waals surface area (Å²) in [4.78, 5) is 22.3. The molecule has 9 nitrogen and oxygen atoms in total. The molecule has 0 bridgehead atoms. The summed E-state index contributed by atoms with van der Waals surface area (Å²) in [7, 11) is 0. The molecule has 2 aromatic carbocycles. The molecule has 0 saturated heterocycles. The smallest absolute Gasteiger partial charge is 0.263 e. The average molecular weight is 483 g/mol. The Morgan fingerprint density at radius 1 is 1.14 bits per heavy atom. The van der Waals surface area contributed by atoms with Crippen molar-refractivity contribution in [2.75, 3.05) is 12.3 Å². The number of nitrogens with two attached hydrogens (primary N) is 1. The second kappa shape index (κ2) is 8.17. The number of nitrogen functional groups attached to an aromatic ring is 1. The van der Waals surface area contributed by atoms with Gasteiger partial charge in [-0.25, -0.2) is 14.6 Å². The number of fused-ring (bicyclic) bond motifs is 2. The number of para-hydroxylation sites is 1. The summed E-state index contributed by atoms with van der Waals surface area (Å²) in [6.07, 6.45) is 4.31. The highest BCUT2D eigenvalue weighted by atomic mass is 16.5. The minimum Gasteiger partial charge on any atom is -0.492 e. The average Bonchev–Trinajstić information content (AvgIpc) is 3.25. The minimum absolute atomic E-state index is 0.00544. The Morgan fingerprint density at radius 2 is 1.92 bits per heavy atom. The molecule has 9 heteroatoms. The highest BCUT2D eigenvalue weighted by Gasteiger charge is 2.41. The third kappa shape index (κ3) is 3.51. The second-order valence-electron chi connectivity index (χ2n) is 9.51. The summed E-state index contributed by atoms with van der Waals surface area (Å²) >= 11 is 0. The minimum atomic E-state index is -0.719. The summed E-state index contributed by atoms with van der Waals surface area (Å²) in [6.45, 7) is 4.20. The first-order chi connectivity index (χ1) is 17.4. The van der Waals surface area contributed by atoms with Gasteiger partial charge in [0.05, 0.1) is 35.2 Å². The Morgan fingerprint density at radius 3 is 2.64 bits per heavy atom. The molecule has 0 amide bonds. The van der Waals surface area contributed by atoms with Gasteiger partial charge in [-0.3, -0.25) is 9.36 Å². The van der Waals surface area contributed by atoms with E-state index in [0.29, 0.717) is 53.1 Å². The number of aromatic nitrogens is 5. The Kier molecular flexibility index (Phi) is 5.04. The van der Waals surface area contributed by atoms with Gasteiger partial charge in [0.2, 0.25) is 0 Å². The summed E-state index contributed by atoms with van der Waals surface area (Å²) in [5, 5.41) is 17.0. The predicted octanol–water partition coefficient (Wildman–Crippen LogP) is 3.86. The number of hydrogen-bond donors (Lipinski definition) is 2. The van der Waals surface area contributed by atoms with Gasteiger partial charge in [0.15, 0.2) is 5.65 Å². The fraction of sp³-hybridized carbons (Fsp3) is 0.259. The zero-order chi connectivity index (χ0) is 25.0. The van der Waals surface area contributed by atoms with Crippen LogP contribution < -0.4 is 16.0 Å². The molecule has 3 heterocycles. The van der Waals surface area contributed by atoms with Gasteiger partial charge in [-0.05, 0) is 51.0 Å². The first kappa shape index (κ1) is 22.2. The van der Waals surface area contributed by atoms with Crippen LogP contribution in [0.3, 0.4) is 0 Å². The van der Waals surface area contributed by atoms with E-state index in [4.69, 9.17) is 15.6 Å². The number of rotatable bonds is 5. The zero-order valence-electron chi connectivity index (χ0n) is 20.0. The maximum atomic E-state index is 13.6. The largest absolute Gasteiger partial charge is 0.492 e. The molecule has 3 N–H and O–H groups in total. The Bertz CT molecular complexity index is 1660. The van der Waals surface area contributed by atoms with Crippen LogP contribution in [0.4, 0.5) is 5.82 Å². The van der Waals surface area contributed by atoms with Gasteiger partial charge in [0.25, 0.3) is 5.56 Å². The SMILES string of the molecule is CCOc1cn(-c2ccccc2)c(=O)c2cc(-c3nn(C4CC(C)(O)C4)c4ncnc(N)c34)ccc12. The summed E-state index contributed by atoms with van der Waals surface area (Å²) < 4.78 is 9.33. The van der Waals surface area contributed by atoms with Crippen LogP contribution in [0.25, 0.3) is 38.8 Å². The molecular formula is C27H26N6O3. The Balaban J connectivity index is 1.57. The fourth-order valence-corrected chi connectivity index (χ4v) is 5.09. The predicted molar refractivity (Wildman–Crippen MR) is 138 cm³/mol. The van der Waals surface area contributed by atoms with Gasteiger partial charge >= 0.3 is 0 Å². The van der Waals surface area contributed by atoms with Gasteiger partial charge in [-0.2, -0.15) is 5.10 Å². The van der Waals surface area contributed by atoms with E-state index in [1.807, 2.05) is 67.1 Å². The molecule has 0 radical (unpaired) electrons. The van der Waals surface area contributed by atoms with Crippen molar-refractivity contribution >= 4 is 27.6 Å². The van der Waals surface area contributed by atoms with Crippen LogP contribution in [0, 0.1) is 0 Å². The normalized spacial score (nSPS) is 19.5. The van der Waals surface area contributed by atoms with Crippen molar-refractivity contribution in [1.82, 2.24) is 24.3 Å². The number of ether oxygens (including phenoxy) is 1. The standard InChI is InChI=1S/C27H26N6O3/c1-3-36-21-14-32(17-7-5-4-6-8-17)26(34)20-11-16(9-10-19(20)21)23-22-24(28)29-15-30-25(22)33(31-23)18-12-27(2,35)13-18/h4-11,14-15,18,35H,3,12-13H2,1-2H3,(H2,28,29,30). The third-order valence-corrected chi connectivity index (χ3v) is 6.80. The molecule has 0 atom stereocenters. The molecule has 0 spiro atoms. The summed E-state index contributed by atoms with van der Waals surface area (Å²) in [5.41, 5.74) is 8.10.